The average Bonchev–Trinajstić information content (AvgIpc) is 3.80. The van der Waals surface area contributed by atoms with Crippen LogP contribution in [0.1, 0.15) is 85.4 Å². The Morgan fingerprint density at radius 2 is 1.44 bits per heavy atom. The molecule has 16 heteroatoms. The molecule has 5 aliphatic rings. The first-order valence-electron chi connectivity index (χ1n) is 22.2. The molecule has 0 bridgehead atoms. The third-order valence-corrected chi connectivity index (χ3v) is 13.3. The number of benzene rings is 2. The van der Waals surface area contributed by atoms with E-state index in [0.717, 1.165) is 142 Å². The van der Waals surface area contributed by atoms with E-state index in [1.54, 1.807) is 6.33 Å². The molecule has 1 atom stereocenters. The number of fused-ring (bicyclic) bond motifs is 2. The van der Waals surface area contributed by atoms with Crippen molar-refractivity contribution < 1.29 is 28.3 Å². The van der Waals surface area contributed by atoms with E-state index in [-0.39, 0.29) is 24.0 Å². The molecule has 0 aliphatic carbocycles. The Hall–Kier alpha value is -5.48. The number of nitrogens with zero attached hydrogens (tertiary/aromatic N) is 8. The third kappa shape index (κ3) is 8.69. The van der Waals surface area contributed by atoms with Gasteiger partial charge in [-0.05, 0) is 80.7 Å². The zero-order valence-electron chi connectivity index (χ0n) is 34.9. The van der Waals surface area contributed by atoms with Gasteiger partial charge < -0.3 is 24.3 Å². The highest BCUT2D eigenvalue weighted by Gasteiger charge is 2.45. The molecule has 0 spiro atoms. The van der Waals surface area contributed by atoms with Gasteiger partial charge >= 0.3 is 0 Å². The minimum absolute atomic E-state index is 0.0334. The van der Waals surface area contributed by atoms with Crippen LogP contribution in [-0.2, 0) is 9.59 Å². The standard InChI is InChI=1S/C45H55FN10O5/c1-2-3-4-21-61-31-5-6-36-34(22-31)42(51-50-36)37-25-40(48-28-47-37)55-15-11-30(12-16-55)27-53-19-17-52(18-20-53)26-29-9-13-54(14-10-29)39-24-33-32(23-35(39)46)44(59)56(45(33)60)38-7-8-41(57)49-43(38)58/h5-6,22-25,28-30,38H,2-4,7-21,26-27H2,1H3,(H,50,51)(H,49,57,58). The van der Waals surface area contributed by atoms with E-state index in [0.29, 0.717) is 37.2 Å². The van der Waals surface area contributed by atoms with Gasteiger partial charge in [0.25, 0.3) is 11.8 Å². The molecule has 4 saturated heterocycles. The summed E-state index contributed by atoms with van der Waals surface area (Å²) in [5, 5.41) is 11.0. The van der Waals surface area contributed by atoms with Crippen LogP contribution >= 0.6 is 0 Å². The maximum absolute atomic E-state index is 15.5. The fourth-order valence-corrected chi connectivity index (χ4v) is 9.78. The van der Waals surface area contributed by atoms with Gasteiger partial charge in [0.2, 0.25) is 11.8 Å². The number of carbonyl (C=O) groups excluding carboxylic acids is 4. The molecule has 1 unspecified atom stereocenters. The van der Waals surface area contributed by atoms with Gasteiger partial charge in [0.05, 0.1) is 34.6 Å². The van der Waals surface area contributed by atoms with E-state index in [4.69, 9.17) is 4.74 Å². The SMILES string of the molecule is CCCCCOc1ccc2[nH]nc(-c3cc(N4CCC(CN5CCN(CC6CCN(c7cc8c(cc7F)C(=O)N(C7CCC(=O)NC7=O)C8=O)CC6)CC5)CC4)ncn3)c2c1. The first-order valence-corrected chi connectivity index (χ1v) is 22.2. The number of anilines is 2. The monoisotopic (exact) mass is 834 g/mol. The summed E-state index contributed by atoms with van der Waals surface area (Å²) < 4.78 is 21.5. The zero-order chi connectivity index (χ0) is 42.0. The van der Waals surface area contributed by atoms with Gasteiger partial charge in [-0.25, -0.2) is 14.4 Å². The minimum atomic E-state index is -1.08. The number of aromatic nitrogens is 4. The zero-order valence-corrected chi connectivity index (χ0v) is 34.9. The Kier molecular flexibility index (Phi) is 12.0. The molecule has 61 heavy (non-hydrogen) atoms. The Morgan fingerprint density at radius 1 is 0.770 bits per heavy atom. The van der Waals surface area contributed by atoms with Crippen molar-refractivity contribution >= 4 is 46.0 Å². The maximum atomic E-state index is 15.5. The number of unbranched alkanes of at least 4 members (excludes halogenated alkanes) is 2. The van der Waals surface area contributed by atoms with Gasteiger partial charge in [-0.2, -0.15) is 5.10 Å². The average molecular weight is 835 g/mol. The second-order valence-electron chi connectivity index (χ2n) is 17.4. The molecule has 4 fully saturated rings. The highest BCUT2D eigenvalue weighted by molar-refractivity contribution is 6.23. The van der Waals surface area contributed by atoms with E-state index in [2.05, 4.69) is 59.2 Å². The number of aromatic amines is 1. The number of amides is 4. The van der Waals surface area contributed by atoms with Crippen LogP contribution in [0.25, 0.3) is 22.3 Å². The van der Waals surface area contributed by atoms with Crippen molar-refractivity contribution in [3.63, 3.8) is 0 Å². The summed E-state index contributed by atoms with van der Waals surface area (Å²) in [7, 11) is 0. The van der Waals surface area contributed by atoms with Crippen molar-refractivity contribution in [1.29, 1.82) is 0 Å². The molecule has 322 valence electrons. The van der Waals surface area contributed by atoms with Gasteiger partial charge in [-0.3, -0.25) is 34.5 Å². The Balaban J connectivity index is 0.715. The van der Waals surface area contributed by atoms with E-state index in [1.165, 1.54) is 6.07 Å². The quantitative estimate of drug-likeness (QED) is 0.139. The summed E-state index contributed by atoms with van der Waals surface area (Å²) in [5.41, 5.74) is 2.94. The van der Waals surface area contributed by atoms with Crippen molar-refractivity contribution in [2.24, 2.45) is 11.8 Å². The summed E-state index contributed by atoms with van der Waals surface area (Å²) in [4.78, 5) is 70.2. The number of halogens is 1. The van der Waals surface area contributed by atoms with Crippen LogP contribution in [0.4, 0.5) is 15.9 Å². The number of H-pyrrole nitrogens is 1. The van der Waals surface area contributed by atoms with Crippen molar-refractivity contribution in [3.05, 3.63) is 59.7 Å². The van der Waals surface area contributed by atoms with Crippen LogP contribution in [-0.4, -0.2) is 137 Å². The molecular formula is C45H55FN10O5. The lowest BCUT2D eigenvalue weighted by Gasteiger charge is -2.41. The fourth-order valence-electron chi connectivity index (χ4n) is 9.78. The normalized spacial score (nSPS) is 21.1. The summed E-state index contributed by atoms with van der Waals surface area (Å²) >= 11 is 0. The van der Waals surface area contributed by atoms with E-state index in [1.807, 2.05) is 17.0 Å². The highest BCUT2D eigenvalue weighted by Crippen LogP contribution is 2.35. The number of nitrogens with one attached hydrogen (secondary N) is 2. The van der Waals surface area contributed by atoms with Crippen molar-refractivity contribution in [1.82, 2.24) is 40.2 Å². The molecule has 4 amide bonds. The smallest absolute Gasteiger partial charge is 0.262 e. The Labute approximate surface area is 355 Å². The summed E-state index contributed by atoms with van der Waals surface area (Å²) in [6.07, 6.45) is 9.16. The summed E-state index contributed by atoms with van der Waals surface area (Å²) in [6, 6.07) is 9.64. The van der Waals surface area contributed by atoms with E-state index in [9.17, 15) is 19.2 Å². The lowest BCUT2D eigenvalue weighted by molar-refractivity contribution is -0.136. The summed E-state index contributed by atoms with van der Waals surface area (Å²) in [5.74, 6) is -0.0583. The number of piperidine rings is 3. The van der Waals surface area contributed by atoms with Crippen molar-refractivity contribution in [3.8, 4) is 17.1 Å². The van der Waals surface area contributed by atoms with Crippen molar-refractivity contribution in [2.75, 3.05) is 81.9 Å². The molecule has 9 rings (SSSR count). The van der Waals surface area contributed by atoms with Crippen LogP contribution in [0, 0.1) is 17.7 Å². The van der Waals surface area contributed by atoms with Crippen LogP contribution in [0.3, 0.4) is 0 Å². The molecule has 7 heterocycles. The molecule has 0 saturated carbocycles. The number of ether oxygens (including phenoxy) is 1. The Morgan fingerprint density at radius 3 is 2.11 bits per heavy atom. The van der Waals surface area contributed by atoms with Crippen LogP contribution in [0.2, 0.25) is 0 Å². The third-order valence-electron chi connectivity index (χ3n) is 13.3. The Bertz CT molecular complexity index is 2280. The van der Waals surface area contributed by atoms with E-state index < -0.39 is 35.5 Å². The number of piperazine rings is 1. The highest BCUT2D eigenvalue weighted by atomic mass is 19.1. The molecule has 2 aromatic heterocycles. The molecular weight excluding hydrogens is 780 g/mol. The first-order chi connectivity index (χ1) is 29.7. The number of rotatable bonds is 13. The number of hydrogen-bond donors (Lipinski definition) is 2. The molecule has 4 aromatic rings. The van der Waals surface area contributed by atoms with Crippen LogP contribution < -0.4 is 19.9 Å². The van der Waals surface area contributed by atoms with Gasteiger partial charge in [-0.15, -0.1) is 0 Å². The van der Waals surface area contributed by atoms with Crippen LogP contribution in [0.15, 0.2) is 42.7 Å². The van der Waals surface area contributed by atoms with Crippen molar-refractivity contribution in [2.45, 2.75) is 70.8 Å². The van der Waals surface area contributed by atoms with Gasteiger partial charge in [0.1, 0.15) is 35.4 Å². The number of imide groups is 2. The lowest BCUT2D eigenvalue weighted by atomic mass is 9.94. The van der Waals surface area contributed by atoms with E-state index >= 15 is 4.39 Å². The number of hydrogen-bond acceptors (Lipinski definition) is 12. The molecule has 5 aliphatic heterocycles. The van der Waals surface area contributed by atoms with Crippen LogP contribution in [0.5, 0.6) is 5.75 Å². The maximum Gasteiger partial charge on any atom is 0.262 e. The minimum Gasteiger partial charge on any atom is -0.494 e. The first kappa shape index (κ1) is 40.9. The fraction of sp³-hybridized carbons (Fsp3) is 0.533. The largest absolute Gasteiger partial charge is 0.494 e. The number of carbonyl (C=O) groups is 4. The second kappa shape index (κ2) is 17.9. The predicted molar refractivity (Wildman–Crippen MR) is 228 cm³/mol. The topological polar surface area (TPSA) is 160 Å². The lowest BCUT2D eigenvalue weighted by Crippen LogP contribution is -2.54. The predicted octanol–water partition coefficient (Wildman–Crippen LogP) is 4.88. The van der Waals surface area contributed by atoms with Gasteiger partial charge in [0, 0.05) is 83.3 Å². The van der Waals surface area contributed by atoms with Gasteiger partial charge in [-0.1, -0.05) is 19.8 Å². The second-order valence-corrected chi connectivity index (χ2v) is 17.4. The molecule has 2 aromatic carbocycles. The van der Waals surface area contributed by atoms with Gasteiger partial charge in [0.15, 0.2) is 0 Å². The molecule has 2 N–H and O–H groups in total. The molecule has 15 nitrogen and oxygen atoms in total. The summed E-state index contributed by atoms with van der Waals surface area (Å²) in [6.45, 7) is 12.4. The molecule has 0 radical (unpaired) electrons.